The van der Waals surface area contributed by atoms with E-state index in [0.29, 0.717) is 5.82 Å². The van der Waals surface area contributed by atoms with Crippen molar-refractivity contribution in [2.24, 2.45) is 0 Å². The van der Waals surface area contributed by atoms with Crippen LogP contribution in [0.3, 0.4) is 0 Å². The average molecular weight is 353 g/mol. The Kier molecular flexibility index (Phi) is 5.21. The zero-order valence-electron chi connectivity index (χ0n) is 15.3. The van der Waals surface area contributed by atoms with Gasteiger partial charge in [-0.05, 0) is 45.7 Å². The SMILES string of the molecule is CCOC(=O)c1cnc2n(c1=O)C(C)CC/C2=C\Nc1ccc(C)cc1. The Bertz CT molecular complexity index is 898. The molecule has 0 bridgehead atoms. The number of nitrogens with one attached hydrogen (secondary N) is 1. The molecular weight excluding hydrogens is 330 g/mol. The quantitative estimate of drug-likeness (QED) is 0.851. The second-order valence-corrected chi connectivity index (χ2v) is 6.46. The van der Waals surface area contributed by atoms with Gasteiger partial charge in [0.15, 0.2) is 0 Å². The summed E-state index contributed by atoms with van der Waals surface area (Å²) < 4.78 is 6.55. The van der Waals surface area contributed by atoms with Gasteiger partial charge in [0.1, 0.15) is 11.4 Å². The summed E-state index contributed by atoms with van der Waals surface area (Å²) in [4.78, 5) is 29.1. The maximum absolute atomic E-state index is 12.8. The molecule has 1 aliphatic rings. The molecule has 2 heterocycles. The Morgan fingerprint density at radius 2 is 2.12 bits per heavy atom. The van der Waals surface area contributed by atoms with Crippen molar-refractivity contribution in [2.45, 2.75) is 39.7 Å². The second-order valence-electron chi connectivity index (χ2n) is 6.46. The molecule has 3 rings (SSSR count). The zero-order chi connectivity index (χ0) is 18.7. The topological polar surface area (TPSA) is 73.2 Å². The number of hydrogen-bond donors (Lipinski definition) is 1. The summed E-state index contributed by atoms with van der Waals surface area (Å²) in [5.41, 5.74) is 2.74. The Morgan fingerprint density at radius 3 is 2.81 bits per heavy atom. The van der Waals surface area contributed by atoms with Gasteiger partial charge in [-0.15, -0.1) is 0 Å². The highest BCUT2D eigenvalue weighted by Gasteiger charge is 2.25. The maximum Gasteiger partial charge on any atom is 0.345 e. The van der Waals surface area contributed by atoms with Gasteiger partial charge in [0, 0.05) is 29.7 Å². The number of carbonyl (C=O) groups is 1. The number of benzene rings is 1. The lowest BCUT2D eigenvalue weighted by Gasteiger charge is -2.26. The van der Waals surface area contributed by atoms with Gasteiger partial charge in [0.05, 0.1) is 6.61 Å². The average Bonchev–Trinajstić information content (AvgIpc) is 2.63. The summed E-state index contributed by atoms with van der Waals surface area (Å²) >= 11 is 0. The summed E-state index contributed by atoms with van der Waals surface area (Å²) in [7, 11) is 0. The molecular formula is C20H23N3O3. The van der Waals surface area contributed by atoms with Crippen LogP contribution in [0, 0.1) is 6.92 Å². The van der Waals surface area contributed by atoms with Crippen molar-refractivity contribution in [3.05, 3.63) is 64.0 Å². The first-order chi connectivity index (χ1) is 12.5. The van der Waals surface area contributed by atoms with Crippen LogP contribution in [0.1, 0.15) is 54.5 Å². The minimum atomic E-state index is -0.624. The minimum Gasteiger partial charge on any atom is -0.462 e. The smallest absolute Gasteiger partial charge is 0.345 e. The molecule has 1 unspecified atom stereocenters. The molecule has 1 aliphatic heterocycles. The Hall–Kier alpha value is -2.89. The van der Waals surface area contributed by atoms with Crippen molar-refractivity contribution in [2.75, 3.05) is 11.9 Å². The first-order valence-corrected chi connectivity index (χ1v) is 8.82. The summed E-state index contributed by atoms with van der Waals surface area (Å²) in [6.07, 6.45) is 4.83. The number of aromatic nitrogens is 2. The van der Waals surface area contributed by atoms with E-state index in [4.69, 9.17) is 4.74 Å². The first kappa shape index (κ1) is 17.9. The molecule has 2 aromatic rings. The van der Waals surface area contributed by atoms with Crippen molar-refractivity contribution < 1.29 is 9.53 Å². The molecule has 1 aromatic heterocycles. The normalized spacial score (nSPS) is 17.7. The van der Waals surface area contributed by atoms with Crippen molar-refractivity contribution in [3.8, 4) is 0 Å². The third kappa shape index (κ3) is 3.54. The van der Waals surface area contributed by atoms with E-state index in [1.54, 1.807) is 11.5 Å². The number of allylic oxidation sites excluding steroid dienone is 1. The number of rotatable bonds is 4. The van der Waals surface area contributed by atoms with Crippen LogP contribution in [-0.4, -0.2) is 22.1 Å². The summed E-state index contributed by atoms with van der Waals surface area (Å²) in [5, 5.41) is 3.27. The fourth-order valence-electron chi connectivity index (χ4n) is 3.03. The van der Waals surface area contributed by atoms with Crippen LogP contribution in [0.5, 0.6) is 0 Å². The number of aryl methyl sites for hydroxylation is 1. The monoisotopic (exact) mass is 353 g/mol. The molecule has 1 atom stereocenters. The number of anilines is 1. The number of esters is 1. The molecule has 6 heteroatoms. The molecule has 1 N–H and O–H groups in total. The number of nitrogens with zero attached hydrogens (tertiary/aromatic N) is 2. The lowest BCUT2D eigenvalue weighted by Crippen LogP contribution is -2.34. The van der Waals surface area contributed by atoms with E-state index in [2.05, 4.69) is 10.3 Å². The van der Waals surface area contributed by atoms with E-state index in [9.17, 15) is 9.59 Å². The van der Waals surface area contributed by atoms with Crippen LogP contribution >= 0.6 is 0 Å². The number of ether oxygens (including phenoxy) is 1. The highest BCUT2D eigenvalue weighted by molar-refractivity contribution is 5.88. The van der Waals surface area contributed by atoms with E-state index in [0.717, 1.165) is 24.1 Å². The van der Waals surface area contributed by atoms with Crippen LogP contribution < -0.4 is 10.9 Å². The van der Waals surface area contributed by atoms with Gasteiger partial charge >= 0.3 is 5.97 Å². The zero-order valence-corrected chi connectivity index (χ0v) is 15.3. The van der Waals surface area contributed by atoms with Crippen LogP contribution in [0.2, 0.25) is 0 Å². The van der Waals surface area contributed by atoms with E-state index in [1.807, 2.05) is 44.3 Å². The maximum atomic E-state index is 12.8. The molecule has 1 aromatic carbocycles. The predicted molar refractivity (Wildman–Crippen MR) is 101 cm³/mol. The molecule has 0 spiro atoms. The number of hydrogen-bond acceptors (Lipinski definition) is 5. The molecule has 0 fully saturated rings. The Labute approximate surface area is 152 Å². The highest BCUT2D eigenvalue weighted by atomic mass is 16.5. The molecule has 0 aliphatic carbocycles. The minimum absolute atomic E-state index is 0.0177. The third-order valence-electron chi connectivity index (χ3n) is 4.51. The lowest BCUT2D eigenvalue weighted by molar-refractivity contribution is 0.0522. The second kappa shape index (κ2) is 7.56. The largest absolute Gasteiger partial charge is 0.462 e. The van der Waals surface area contributed by atoms with Crippen molar-refractivity contribution in [1.82, 2.24) is 9.55 Å². The van der Waals surface area contributed by atoms with Crippen LogP contribution in [-0.2, 0) is 4.74 Å². The predicted octanol–water partition coefficient (Wildman–Crippen LogP) is 3.54. The van der Waals surface area contributed by atoms with Crippen molar-refractivity contribution >= 4 is 17.2 Å². The van der Waals surface area contributed by atoms with E-state index in [-0.39, 0.29) is 23.8 Å². The third-order valence-corrected chi connectivity index (χ3v) is 4.51. The summed E-state index contributed by atoms with van der Waals surface area (Å²) in [6.45, 7) is 5.94. The molecule has 0 radical (unpaired) electrons. The van der Waals surface area contributed by atoms with Gasteiger partial charge in [0.2, 0.25) is 0 Å². The Morgan fingerprint density at radius 1 is 1.38 bits per heavy atom. The number of fused-ring (bicyclic) bond motifs is 1. The molecule has 0 saturated heterocycles. The van der Waals surface area contributed by atoms with Crippen LogP contribution in [0.25, 0.3) is 5.57 Å². The van der Waals surface area contributed by atoms with Crippen molar-refractivity contribution in [3.63, 3.8) is 0 Å². The van der Waals surface area contributed by atoms with Gasteiger partial charge in [0.25, 0.3) is 5.56 Å². The molecule has 26 heavy (non-hydrogen) atoms. The number of carbonyl (C=O) groups excluding carboxylic acids is 1. The fraction of sp³-hybridized carbons (Fsp3) is 0.350. The lowest BCUT2D eigenvalue weighted by atomic mass is 10.0. The molecule has 0 amide bonds. The Balaban J connectivity index is 1.95. The van der Waals surface area contributed by atoms with E-state index in [1.165, 1.54) is 11.8 Å². The summed E-state index contributed by atoms with van der Waals surface area (Å²) in [6, 6.07) is 8.05. The molecule has 136 valence electrons. The molecule has 0 saturated carbocycles. The van der Waals surface area contributed by atoms with Crippen LogP contribution in [0.15, 0.2) is 41.5 Å². The van der Waals surface area contributed by atoms with Gasteiger partial charge < -0.3 is 10.1 Å². The van der Waals surface area contributed by atoms with E-state index >= 15 is 0 Å². The first-order valence-electron chi connectivity index (χ1n) is 8.82. The summed E-state index contributed by atoms with van der Waals surface area (Å²) in [5.74, 6) is -0.0252. The van der Waals surface area contributed by atoms with Gasteiger partial charge in [-0.1, -0.05) is 17.7 Å². The standard InChI is InChI=1S/C20H23N3O3/c1-4-26-20(25)17-12-22-18-15(8-7-14(3)23(18)19(17)24)11-21-16-9-5-13(2)6-10-16/h5-6,9-12,14,21H,4,7-8H2,1-3H3/b15-11+. The van der Waals surface area contributed by atoms with Crippen molar-refractivity contribution in [1.29, 1.82) is 0 Å². The van der Waals surface area contributed by atoms with Gasteiger partial charge in [-0.25, -0.2) is 9.78 Å². The molecule has 6 nitrogen and oxygen atoms in total. The van der Waals surface area contributed by atoms with Gasteiger partial charge in [-0.2, -0.15) is 0 Å². The van der Waals surface area contributed by atoms with E-state index < -0.39 is 5.97 Å². The van der Waals surface area contributed by atoms with Gasteiger partial charge in [-0.3, -0.25) is 9.36 Å². The highest BCUT2D eigenvalue weighted by Crippen LogP contribution is 2.29. The fourth-order valence-corrected chi connectivity index (χ4v) is 3.03. The van der Waals surface area contributed by atoms with Crippen LogP contribution in [0.4, 0.5) is 5.69 Å².